The fourth-order valence-electron chi connectivity index (χ4n) is 10.6. The first-order chi connectivity index (χ1) is 47.7. The van der Waals surface area contributed by atoms with Crippen molar-refractivity contribution in [3.8, 4) is 0 Å². The molecule has 0 saturated heterocycles. The molecule has 0 spiro atoms. The highest BCUT2D eigenvalue weighted by Crippen LogP contribution is 2.45. The topological polar surface area (TPSA) is 237 Å². The van der Waals surface area contributed by atoms with Crippen LogP contribution in [0, 0.1) is 0 Å². The Kier molecular flexibility index (Phi) is 69.3. The Morgan fingerprint density at radius 3 is 0.796 bits per heavy atom. The first-order valence-electron chi connectivity index (χ1n) is 39.2. The molecular formula is C79H142O17P2. The second-order valence-electron chi connectivity index (χ2n) is 26.3. The Bertz CT molecular complexity index is 2140. The average Bonchev–Trinajstić information content (AvgIpc) is 0.959. The van der Waals surface area contributed by atoms with E-state index in [0.29, 0.717) is 25.7 Å². The van der Waals surface area contributed by atoms with Crippen molar-refractivity contribution in [1.29, 1.82) is 0 Å². The first kappa shape index (κ1) is 94.5. The van der Waals surface area contributed by atoms with Crippen molar-refractivity contribution >= 4 is 39.5 Å². The molecule has 5 atom stereocenters. The summed E-state index contributed by atoms with van der Waals surface area (Å²) in [5, 5.41) is 10.6. The molecule has 0 aromatic rings. The summed E-state index contributed by atoms with van der Waals surface area (Å²) in [7, 11) is -9.95. The minimum atomic E-state index is -4.98. The van der Waals surface area contributed by atoms with E-state index in [9.17, 15) is 43.2 Å². The van der Waals surface area contributed by atoms with Crippen molar-refractivity contribution in [3.05, 3.63) is 72.9 Å². The number of rotatable bonds is 74. The van der Waals surface area contributed by atoms with E-state index < -0.39 is 97.5 Å². The molecule has 0 fully saturated rings. The van der Waals surface area contributed by atoms with E-state index in [1.54, 1.807) is 0 Å². The molecule has 0 aliphatic rings. The lowest BCUT2D eigenvalue weighted by molar-refractivity contribution is -0.161. The summed E-state index contributed by atoms with van der Waals surface area (Å²) in [5.74, 6) is -2.20. The summed E-state index contributed by atoms with van der Waals surface area (Å²) < 4.78 is 68.5. The molecule has 0 saturated carbocycles. The van der Waals surface area contributed by atoms with Crippen LogP contribution >= 0.6 is 15.6 Å². The van der Waals surface area contributed by atoms with Crippen LogP contribution in [-0.4, -0.2) is 96.7 Å². The van der Waals surface area contributed by atoms with E-state index in [-0.39, 0.29) is 25.7 Å². The van der Waals surface area contributed by atoms with Crippen molar-refractivity contribution in [2.75, 3.05) is 39.6 Å². The monoisotopic (exact) mass is 1420 g/mol. The van der Waals surface area contributed by atoms with Crippen LogP contribution in [0.4, 0.5) is 0 Å². The molecule has 0 bridgehead atoms. The quantitative estimate of drug-likeness (QED) is 0.0169. The Hall–Kier alpha value is -3.50. The number of allylic oxidation sites excluding steroid dienone is 12. The number of ether oxygens (including phenoxy) is 4. The fourth-order valence-corrected chi connectivity index (χ4v) is 12.1. The van der Waals surface area contributed by atoms with E-state index in [0.717, 1.165) is 167 Å². The lowest BCUT2D eigenvalue weighted by Crippen LogP contribution is -2.30. The van der Waals surface area contributed by atoms with Gasteiger partial charge in [-0.15, -0.1) is 0 Å². The van der Waals surface area contributed by atoms with Gasteiger partial charge in [0.25, 0.3) is 0 Å². The lowest BCUT2D eigenvalue weighted by Gasteiger charge is -2.21. The third-order valence-electron chi connectivity index (χ3n) is 16.6. The van der Waals surface area contributed by atoms with E-state index in [1.807, 2.05) is 0 Å². The van der Waals surface area contributed by atoms with Gasteiger partial charge < -0.3 is 33.8 Å². The van der Waals surface area contributed by atoms with Gasteiger partial charge in [0.1, 0.15) is 19.3 Å². The SMILES string of the molecule is CCCCC/C=C\C/C=C\CCCCCCCC(=O)OCC(COP(=O)(O)OCC(O)COP(=O)(O)OCC(COC(=O)CCCCCCC/C=C\C/C=C\CCCCC)OC(=O)CCCCCCC/C=C\CCCCCCCC)OC(=O)CCCCCCC/C=C\CCCCCC. The zero-order chi connectivity index (χ0) is 71.8. The first-order valence-corrected chi connectivity index (χ1v) is 42.2. The number of esters is 4. The number of carbonyl (C=O) groups is 4. The van der Waals surface area contributed by atoms with Gasteiger partial charge in [0, 0.05) is 25.7 Å². The molecule has 0 aliphatic heterocycles. The van der Waals surface area contributed by atoms with Gasteiger partial charge in [-0.25, -0.2) is 9.13 Å². The third kappa shape index (κ3) is 70.9. The number of hydrogen-bond acceptors (Lipinski definition) is 15. The molecule has 19 heteroatoms. The van der Waals surface area contributed by atoms with Gasteiger partial charge in [-0.3, -0.25) is 37.3 Å². The minimum absolute atomic E-state index is 0.0839. The number of carbonyl (C=O) groups excluding carboxylic acids is 4. The number of phosphoric acid groups is 2. The largest absolute Gasteiger partial charge is 0.472 e. The summed E-state index contributed by atoms with van der Waals surface area (Å²) >= 11 is 0. The van der Waals surface area contributed by atoms with Crippen LogP contribution in [0.1, 0.15) is 349 Å². The van der Waals surface area contributed by atoms with Crippen LogP contribution < -0.4 is 0 Å². The van der Waals surface area contributed by atoms with E-state index in [2.05, 4.69) is 101 Å². The summed E-state index contributed by atoms with van der Waals surface area (Å²) in [5.41, 5.74) is 0. The molecule has 98 heavy (non-hydrogen) atoms. The van der Waals surface area contributed by atoms with Gasteiger partial charge in [0.15, 0.2) is 12.2 Å². The van der Waals surface area contributed by atoms with Crippen LogP contribution in [0.15, 0.2) is 72.9 Å². The molecule has 0 rings (SSSR count). The molecule has 0 heterocycles. The zero-order valence-electron chi connectivity index (χ0n) is 62.2. The Morgan fingerprint density at radius 2 is 0.500 bits per heavy atom. The van der Waals surface area contributed by atoms with Crippen LogP contribution in [-0.2, 0) is 65.4 Å². The Labute approximate surface area is 596 Å². The standard InChI is InChI=1S/C79H142O17P2/c1-5-9-13-17-21-25-29-33-36-40-43-47-51-55-59-63-76(81)89-69-74(95-78(83)65-61-57-53-49-45-39-32-28-24-20-16-12-8-4)71-93-97(85,86)91-67-73(80)68-92-98(87,88)94-72-75(96-79(84)66-62-58-54-50-46-42-38-35-31-27-23-19-15-11-7-3)70-90-77(82)64-60-56-52-48-44-41-37-34-30-26-22-18-14-10-6-2/h21-22,25-26,28,32-38,73-75,80H,5-20,23-24,27,29-31,39-72H2,1-4H3,(H,85,86)(H,87,88)/b25-21-,26-22-,32-28-,36-33-,37-34-,38-35-. The maximum Gasteiger partial charge on any atom is 0.472 e. The summed E-state index contributed by atoms with van der Waals surface area (Å²) in [6.07, 6.45) is 71.6. The Morgan fingerprint density at radius 1 is 0.286 bits per heavy atom. The second-order valence-corrected chi connectivity index (χ2v) is 29.2. The van der Waals surface area contributed by atoms with Gasteiger partial charge in [-0.05, 0) is 141 Å². The zero-order valence-corrected chi connectivity index (χ0v) is 64.0. The maximum atomic E-state index is 13.1. The number of hydrogen-bond donors (Lipinski definition) is 3. The van der Waals surface area contributed by atoms with Crippen molar-refractivity contribution in [1.82, 2.24) is 0 Å². The van der Waals surface area contributed by atoms with Gasteiger partial charge >= 0.3 is 39.5 Å². The number of aliphatic hydroxyl groups excluding tert-OH is 1. The fraction of sp³-hybridized carbons (Fsp3) is 0.797. The molecule has 3 N–H and O–H groups in total. The van der Waals surface area contributed by atoms with E-state index in [4.69, 9.17) is 37.0 Å². The average molecular weight is 1430 g/mol. The molecular weight excluding hydrogens is 1280 g/mol. The molecule has 0 aliphatic carbocycles. The highest BCUT2D eigenvalue weighted by atomic mass is 31.2. The van der Waals surface area contributed by atoms with Crippen molar-refractivity contribution in [2.24, 2.45) is 0 Å². The third-order valence-corrected chi connectivity index (χ3v) is 18.5. The second kappa shape index (κ2) is 71.9. The van der Waals surface area contributed by atoms with Crippen LogP contribution in [0.2, 0.25) is 0 Å². The van der Waals surface area contributed by atoms with Gasteiger partial charge in [-0.2, -0.15) is 0 Å². The Balaban J connectivity index is 5.36. The predicted molar refractivity (Wildman–Crippen MR) is 400 cm³/mol. The van der Waals surface area contributed by atoms with Gasteiger partial charge in [0.2, 0.25) is 0 Å². The van der Waals surface area contributed by atoms with E-state index >= 15 is 0 Å². The molecule has 17 nitrogen and oxygen atoms in total. The summed E-state index contributed by atoms with van der Waals surface area (Å²) in [6.45, 7) is 4.80. The maximum absolute atomic E-state index is 13.1. The smallest absolute Gasteiger partial charge is 0.462 e. The van der Waals surface area contributed by atoms with Crippen LogP contribution in [0.25, 0.3) is 0 Å². The van der Waals surface area contributed by atoms with Gasteiger partial charge in [0.05, 0.1) is 26.4 Å². The number of aliphatic hydroxyl groups is 1. The van der Waals surface area contributed by atoms with Crippen molar-refractivity contribution in [3.63, 3.8) is 0 Å². The normalized spacial score (nSPS) is 14.3. The molecule has 0 amide bonds. The molecule has 570 valence electrons. The highest BCUT2D eigenvalue weighted by molar-refractivity contribution is 7.47. The van der Waals surface area contributed by atoms with E-state index in [1.165, 1.54) is 103 Å². The summed E-state index contributed by atoms with van der Waals surface area (Å²) in [4.78, 5) is 72.9. The summed E-state index contributed by atoms with van der Waals surface area (Å²) in [6, 6.07) is 0. The van der Waals surface area contributed by atoms with Crippen molar-refractivity contribution < 1.29 is 80.2 Å². The lowest BCUT2D eigenvalue weighted by atomic mass is 10.1. The molecule has 0 radical (unpaired) electrons. The highest BCUT2D eigenvalue weighted by Gasteiger charge is 2.30. The predicted octanol–water partition coefficient (Wildman–Crippen LogP) is 22.4. The molecule has 0 aromatic carbocycles. The number of phosphoric ester groups is 2. The minimum Gasteiger partial charge on any atom is -0.462 e. The number of unbranched alkanes of at least 4 members (excludes halogenated alkanes) is 36. The molecule has 5 unspecified atom stereocenters. The van der Waals surface area contributed by atoms with Crippen molar-refractivity contribution in [2.45, 2.75) is 367 Å². The van der Waals surface area contributed by atoms with Crippen LogP contribution in [0.3, 0.4) is 0 Å². The molecule has 0 aromatic heterocycles. The van der Waals surface area contributed by atoms with Gasteiger partial charge in [-0.1, -0.05) is 255 Å². The van der Waals surface area contributed by atoms with Crippen LogP contribution in [0.5, 0.6) is 0 Å².